The number of halogens is 2. The second-order valence-electron chi connectivity index (χ2n) is 2.39. The van der Waals surface area contributed by atoms with Gasteiger partial charge in [0.2, 0.25) is 0 Å². The van der Waals surface area contributed by atoms with Crippen LogP contribution in [0.2, 0.25) is 0 Å². The summed E-state index contributed by atoms with van der Waals surface area (Å²) in [7, 11) is 0. The van der Waals surface area contributed by atoms with Gasteiger partial charge in [-0.25, -0.2) is 13.8 Å². The van der Waals surface area contributed by atoms with E-state index >= 15 is 0 Å². The zero-order valence-electron chi connectivity index (χ0n) is 5.05. The van der Waals surface area contributed by atoms with Crippen LogP contribution in [0.25, 0.3) is 0 Å². The molecule has 1 atom stereocenters. The first-order valence-corrected chi connectivity index (χ1v) is 3.85. The molecule has 1 aliphatic carbocycles. The molecule has 0 saturated heterocycles. The predicted molar refractivity (Wildman–Crippen MR) is 34.4 cm³/mol. The summed E-state index contributed by atoms with van der Waals surface area (Å²) >= 11 is 1.30. The molecule has 1 saturated carbocycles. The molecule has 1 unspecified atom stereocenters. The first-order valence-electron chi connectivity index (χ1n) is 2.97. The van der Waals surface area contributed by atoms with Crippen LogP contribution in [0, 0.1) is 0 Å². The molecule has 2 rings (SSSR count). The van der Waals surface area contributed by atoms with Crippen molar-refractivity contribution in [3.63, 3.8) is 0 Å². The van der Waals surface area contributed by atoms with E-state index in [0.29, 0.717) is 5.01 Å². The molecule has 0 aromatic carbocycles. The Hall–Kier alpha value is -0.510. The van der Waals surface area contributed by atoms with E-state index in [1.807, 2.05) is 0 Å². The largest absolute Gasteiger partial charge is 0.258 e. The van der Waals surface area contributed by atoms with Crippen LogP contribution in [-0.2, 0) is 0 Å². The highest BCUT2D eigenvalue weighted by Crippen LogP contribution is 2.55. The fourth-order valence-electron chi connectivity index (χ4n) is 0.888. The van der Waals surface area contributed by atoms with Crippen molar-refractivity contribution in [1.82, 2.24) is 4.98 Å². The van der Waals surface area contributed by atoms with Crippen LogP contribution in [-0.4, -0.2) is 10.9 Å². The number of alkyl halides is 2. The molecule has 0 bridgehead atoms. The molecular formula is C6H5F2NS. The lowest BCUT2D eigenvalue weighted by Gasteiger charge is -1.89. The minimum Gasteiger partial charge on any atom is -0.249 e. The normalized spacial score (nSPS) is 28.4. The lowest BCUT2D eigenvalue weighted by atomic mass is 10.4. The molecule has 1 nitrogen and oxygen atoms in total. The van der Waals surface area contributed by atoms with Gasteiger partial charge in [-0.05, 0) is 0 Å². The van der Waals surface area contributed by atoms with Gasteiger partial charge in [-0.3, -0.25) is 0 Å². The Morgan fingerprint density at radius 1 is 1.70 bits per heavy atom. The molecule has 10 heavy (non-hydrogen) atoms. The maximum absolute atomic E-state index is 12.3. The van der Waals surface area contributed by atoms with E-state index < -0.39 is 11.8 Å². The average Bonchev–Trinajstić information content (AvgIpc) is 2.31. The van der Waals surface area contributed by atoms with Crippen molar-refractivity contribution < 1.29 is 8.78 Å². The second kappa shape index (κ2) is 1.75. The summed E-state index contributed by atoms with van der Waals surface area (Å²) in [5.74, 6) is -3.04. The summed E-state index contributed by atoms with van der Waals surface area (Å²) in [4.78, 5) is 3.81. The Kier molecular flexibility index (Phi) is 1.09. The first-order chi connectivity index (χ1) is 4.70. The topological polar surface area (TPSA) is 12.9 Å². The van der Waals surface area contributed by atoms with Crippen molar-refractivity contribution in [3.05, 3.63) is 16.6 Å². The molecule has 0 amide bonds. The Bertz CT molecular complexity index is 232. The molecule has 1 aliphatic rings. The van der Waals surface area contributed by atoms with Crippen LogP contribution in [0.15, 0.2) is 11.6 Å². The smallest absolute Gasteiger partial charge is 0.249 e. The fraction of sp³-hybridized carbons (Fsp3) is 0.500. The van der Waals surface area contributed by atoms with E-state index in [-0.39, 0.29) is 6.42 Å². The van der Waals surface area contributed by atoms with E-state index in [2.05, 4.69) is 4.98 Å². The molecule has 1 heterocycles. The summed E-state index contributed by atoms with van der Waals surface area (Å²) in [6.45, 7) is 0. The number of hydrogen-bond acceptors (Lipinski definition) is 2. The predicted octanol–water partition coefficient (Wildman–Crippen LogP) is 2.27. The number of rotatable bonds is 1. The highest BCUT2D eigenvalue weighted by Gasteiger charge is 2.59. The summed E-state index contributed by atoms with van der Waals surface area (Å²) in [6, 6.07) is 0. The van der Waals surface area contributed by atoms with E-state index in [0.717, 1.165) is 0 Å². The van der Waals surface area contributed by atoms with E-state index in [1.165, 1.54) is 11.3 Å². The molecule has 0 spiro atoms. The SMILES string of the molecule is FC1(F)CC1c1nccs1. The summed E-state index contributed by atoms with van der Waals surface area (Å²) in [5.41, 5.74) is 0. The quantitative estimate of drug-likeness (QED) is 0.615. The second-order valence-corrected chi connectivity index (χ2v) is 3.31. The van der Waals surface area contributed by atoms with Crippen LogP contribution >= 0.6 is 11.3 Å². The fourth-order valence-corrected chi connectivity index (χ4v) is 1.69. The van der Waals surface area contributed by atoms with Crippen molar-refractivity contribution >= 4 is 11.3 Å². The number of hydrogen-bond donors (Lipinski definition) is 0. The van der Waals surface area contributed by atoms with E-state index in [9.17, 15) is 8.78 Å². The minimum atomic E-state index is -2.46. The van der Waals surface area contributed by atoms with Crippen LogP contribution in [0.5, 0.6) is 0 Å². The van der Waals surface area contributed by atoms with Gasteiger partial charge in [0.1, 0.15) is 5.01 Å². The lowest BCUT2D eigenvalue weighted by Crippen LogP contribution is -1.91. The number of aromatic nitrogens is 1. The summed E-state index contributed by atoms with van der Waals surface area (Å²) < 4.78 is 24.7. The van der Waals surface area contributed by atoms with Gasteiger partial charge in [0, 0.05) is 18.0 Å². The van der Waals surface area contributed by atoms with Gasteiger partial charge in [0.15, 0.2) is 0 Å². The Morgan fingerprint density at radius 3 is 2.80 bits per heavy atom. The van der Waals surface area contributed by atoms with Crippen molar-refractivity contribution in [3.8, 4) is 0 Å². The highest BCUT2D eigenvalue weighted by atomic mass is 32.1. The monoisotopic (exact) mass is 161 g/mol. The van der Waals surface area contributed by atoms with Gasteiger partial charge < -0.3 is 0 Å². The molecule has 0 N–H and O–H groups in total. The Balaban J connectivity index is 2.19. The molecule has 4 heteroatoms. The van der Waals surface area contributed by atoms with Crippen molar-refractivity contribution in [2.45, 2.75) is 18.3 Å². The third-order valence-electron chi connectivity index (χ3n) is 1.58. The Labute approximate surface area is 60.7 Å². The summed E-state index contributed by atoms with van der Waals surface area (Å²) in [5, 5.41) is 2.30. The van der Waals surface area contributed by atoms with Gasteiger partial charge in [0.25, 0.3) is 5.92 Å². The first kappa shape index (κ1) is 6.22. The van der Waals surface area contributed by atoms with Crippen LogP contribution in [0.1, 0.15) is 17.3 Å². The van der Waals surface area contributed by atoms with E-state index in [4.69, 9.17) is 0 Å². The highest BCUT2D eigenvalue weighted by molar-refractivity contribution is 7.09. The maximum Gasteiger partial charge on any atom is 0.258 e. The Morgan fingerprint density at radius 2 is 2.40 bits per heavy atom. The van der Waals surface area contributed by atoms with Crippen molar-refractivity contribution in [2.24, 2.45) is 0 Å². The van der Waals surface area contributed by atoms with Gasteiger partial charge >= 0.3 is 0 Å². The van der Waals surface area contributed by atoms with Gasteiger partial charge in [-0.1, -0.05) is 0 Å². The summed E-state index contributed by atoms with van der Waals surface area (Å²) in [6.07, 6.45) is 1.55. The van der Waals surface area contributed by atoms with Crippen LogP contribution in [0.3, 0.4) is 0 Å². The minimum absolute atomic E-state index is 0.0134. The number of thiazole rings is 1. The zero-order chi connectivity index (χ0) is 7.19. The molecule has 1 fully saturated rings. The van der Waals surface area contributed by atoms with Gasteiger partial charge in [0.05, 0.1) is 5.92 Å². The van der Waals surface area contributed by atoms with Gasteiger partial charge in [-0.15, -0.1) is 11.3 Å². The van der Waals surface area contributed by atoms with Crippen LogP contribution < -0.4 is 0 Å². The average molecular weight is 161 g/mol. The number of nitrogens with zero attached hydrogens (tertiary/aromatic N) is 1. The third-order valence-corrected chi connectivity index (χ3v) is 2.46. The molecule has 0 radical (unpaired) electrons. The third kappa shape index (κ3) is 0.831. The van der Waals surface area contributed by atoms with Gasteiger partial charge in [-0.2, -0.15) is 0 Å². The lowest BCUT2D eigenvalue weighted by molar-refractivity contribution is 0.112. The van der Waals surface area contributed by atoms with Crippen LogP contribution in [0.4, 0.5) is 8.78 Å². The molecule has 0 aliphatic heterocycles. The van der Waals surface area contributed by atoms with Crippen molar-refractivity contribution in [1.29, 1.82) is 0 Å². The molecule has 1 aromatic rings. The zero-order valence-corrected chi connectivity index (χ0v) is 5.87. The van der Waals surface area contributed by atoms with Crippen molar-refractivity contribution in [2.75, 3.05) is 0 Å². The molecular weight excluding hydrogens is 156 g/mol. The van der Waals surface area contributed by atoms with E-state index in [1.54, 1.807) is 11.6 Å². The molecule has 1 aromatic heterocycles. The standard InChI is InChI=1S/C6H5F2NS/c7-6(8)3-4(6)5-9-1-2-10-5/h1-2,4H,3H2. The maximum atomic E-state index is 12.3. The molecule has 54 valence electrons.